The molecule has 3 rings (SSSR count). The molecule has 0 fully saturated rings. The summed E-state index contributed by atoms with van der Waals surface area (Å²) in [5.41, 5.74) is 6.53. The Balaban J connectivity index is 1.87. The highest BCUT2D eigenvalue weighted by molar-refractivity contribution is 5.83. The monoisotopic (exact) mass is 250 g/mol. The summed E-state index contributed by atoms with van der Waals surface area (Å²) in [5, 5.41) is 2.35. The first-order valence-electron chi connectivity index (χ1n) is 6.17. The van der Waals surface area contributed by atoms with Gasteiger partial charge in [-0.3, -0.25) is 0 Å². The van der Waals surface area contributed by atoms with Crippen LogP contribution in [0.1, 0.15) is 5.56 Å². The van der Waals surface area contributed by atoms with Crippen molar-refractivity contribution in [3.63, 3.8) is 0 Å². The summed E-state index contributed by atoms with van der Waals surface area (Å²) in [4.78, 5) is 4.22. The van der Waals surface area contributed by atoms with Gasteiger partial charge < -0.3 is 10.5 Å². The van der Waals surface area contributed by atoms with Crippen molar-refractivity contribution in [3.8, 4) is 11.6 Å². The average Bonchev–Trinajstić information content (AvgIpc) is 2.48. The van der Waals surface area contributed by atoms with E-state index in [4.69, 9.17) is 10.5 Å². The van der Waals surface area contributed by atoms with E-state index in [-0.39, 0.29) is 0 Å². The summed E-state index contributed by atoms with van der Waals surface area (Å²) in [6, 6.07) is 17.9. The number of hydrogen-bond donors (Lipinski definition) is 1. The second kappa shape index (κ2) is 5.08. The molecule has 3 nitrogen and oxygen atoms in total. The zero-order valence-electron chi connectivity index (χ0n) is 10.4. The van der Waals surface area contributed by atoms with Gasteiger partial charge in [-0.2, -0.15) is 0 Å². The predicted molar refractivity (Wildman–Crippen MR) is 76.2 cm³/mol. The molecule has 3 aromatic rings. The minimum absolute atomic E-state index is 0.489. The molecule has 0 amide bonds. The van der Waals surface area contributed by atoms with Gasteiger partial charge in [0.1, 0.15) is 5.75 Å². The van der Waals surface area contributed by atoms with Crippen molar-refractivity contribution in [2.45, 2.75) is 6.54 Å². The Morgan fingerprint density at radius 2 is 1.79 bits per heavy atom. The molecular formula is C16H14N2O. The number of hydrogen-bond acceptors (Lipinski definition) is 3. The fourth-order valence-corrected chi connectivity index (χ4v) is 1.94. The van der Waals surface area contributed by atoms with Crippen LogP contribution in [0.4, 0.5) is 0 Å². The van der Waals surface area contributed by atoms with Crippen molar-refractivity contribution >= 4 is 10.8 Å². The molecule has 0 aliphatic carbocycles. The van der Waals surface area contributed by atoms with Crippen LogP contribution in [0, 0.1) is 0 Å². The first-order valence-corrected chi connectivity index (χ1v) is 6.17. The van der Waals surface area contributed by atoms with E-state index in [0.717, 1.165) is 16.7 Å². The second-order valence-corrected chi connectivity index (χ2v) is 4.32. The summed E-state index contributed by atoms with van der Waals surface area (Å²) < 4.78 is 5.73. The van der Waals surface area contributed by atoms with Gasteiger partial charge in [-0.15, -0.1) is 0 Å². The zero-order chi connectivity index (χ0) is 13.1. The normalized spacial score (nSPS) is 10.6. The SMILES string of the molecule is NCc1ccc(Oc2ccc3ccccc3c2)nc1. The first kappa shape index (κ1) is 11.7. The Hall–Kier alpha value is -2.39. The smallest absolute Gasteiger partial charge is 0.219 e. The van der Waals surface area contributed by atoms with Crippen LogP contribution in [0.2, 0.25) is 0 Å². The molecule has 19 heavy (non-hydrogen) atoms. The Morgan fingerprint density at radius 1 is 0.947 bits per heavy atom. The third-order valence-corrected chi connectivity index (χ3v) is 2.98. The number of rotatable bonds is 3. The third-order valence-electron chi connectivity index (χ3n) is 2.98. The molecule has 0 aliphatic heterocycles. The maximum Gasteiger partial charge on any atom is 0.219 e. The van der Waals surface area contributed by atoms with E-state index in [1.165, 1.54) is 5.39 Å². The molecule has 0 radical (unpaired) electrons. The van der Waals surface area contributed by atoms with Gasteiger partial charge in [-0.1, -0.05) is 36.4 Å². The van der Waals surface area contributed by atoms with Crippen molar-refractivity contribution < 1.29 is 4.74 Å². The number of nitrogens with two attached hydrogens (primary N) is 1. The molecule has 0 saturated carbocycles. The number of pyridine rings is 1. The molecule has 0 unspecified atom stereocenters. The molecule has 0 saturated heterocycles. The van der Waals surface area contributed by atoms with Gasteiger partial charge in [0.25, 0.3) is 0 Å². The summed E-state index contributed by atoms with van der Waals surface area (Å²) in [6.07, 6.45) is 1.73. The lowest BCUT2D eigenvalue weighted by molar-refractivity contribution is 0.463. The Kier molecular flexibility index (Phi) is 3.12. The summed E-state index contributed by atoms with van der Waals surface area (Å²) in [6.45, 7) is 0.489. The van der Waals surface area contributed by atoms with Crippen LogP contribution in [0.25, 0.3) is 10.8 Å². The number of nitrogens with zero attached hydrogens (tertiary/aromatic N) is 1. The summed E-state index contributed by atoms with van der Waals surface area (Å²) in [5.74, 6) is 1.36. The lowest BCUT2D eigenvalue weighted by Crippen LogP contribution is -1.97. The average molecular weight is 250 g/mol. The van der Waals surface area contributed by atoms with Crippen LogP contribution in [0.15, 0.2) is 60.8 Å². The maximum absolute atomic E-state index is 5.73. The van der Waals surface area contributed by atoms with Crippen LogP contribution < -0.4 is 10.5 Å². The minimum atomic E-state index is 0.489. The molecule has 3 heteroatoms. The molecule has 0 aliphatic rings. The fourth-order valence-electron chi connectivity index (χ4n) is 1.94. The maximum atomic E-state index is 5.73. The quantitative estimate of drug-likeness (QED) is 0.774. The van der Waals surface area contributed by atoms with Gasteiger partial charge >= 0.3 is 0 Å². The number of benzene rings is 2. The van der Waals surface area contributed by atoms with Crippen molar-refractivity contribution in [1.29, 1.82) is 0 Å². The van der Waals surface area contributed by atoms with Gasteiger partial charge in [0.05, 0.1) is 0 Å². The number of aromatic nitrogens is 1. The molecule has 1 heterocycles. The van der Waals surface area contributed by atoms with E-state index >= 15 is 0 Å². The van der Waals surface area contributed by atoms with Gasteiger partial charge in [-0.25, -0.2) is 4.98 Å². The van der Waals surface area contributed by atoms with Gasteiger partial charge in [0.15, 0.2) is 0 Å². The van der Waals surface area contributed by atoms with Crippen molar-refractivity contribution in [2.75, 3.05) is 0 Å². The molecule has 94 valence electrons. The first-order chi connectivity index (χ1) is 9.35. The molecule has 0 spiro atoms. The molecular weight excluding hydrogens is 236 g/mol. The summed E-state index contributed by atoms with van der Waals surface area (Å²) >= 11 is 0. The van der Waals surface area contributed by atoms with Crippen molar-refractivity contribution in [2.24, 2.45) is 5.73 Å². The van der Waals surface area contributed by atoms with E-state index in [0.29, 0.717) is 12.4 Å². The molecule has 0 atom stereocenters. The molecule has 0 bridgehead atoms. The Morgan fingerprint density at radius 3 is 2.53 bits per heavy atom. The minimum Gasteiger partial charge on any atom is -0.439 e. The number of fused-ring (bicyclic) bond motifs is 1. The lowest BCUT2D eigenvalue weighted by atomic mass is 10.1. The van der Waals surface area contributed by atoms with E-state index in [2.05, 4.69) is 17.1 Å². The van der Waals surface area contributed by atoms with Crippen LogP contribution in [0.5, 0.6) is 11.6 Å². The van der Waals surface area contributed by atoms with E-state index in [1.54, 1.807) is 6.20 Å². The number of ether oxygens (including phenoxy) is 1. The molecule has 1 aromatic heterocycles. The van der Waals surface area contributed by atoms with Gasteiger partial charge in [-0.05, 0) is 28.5 Å². The predicted octanol–water partition coefficient (Wildman–Crippen LogP) is 3.49. The molecule has 2 aromatic carbocycles. The largest absolute Gasteiger partial charge is 0.439 e. The van der Waals surface area contributed by atoms with Crippen LogP contribution >= 0.6 is 0 Å². The van der Waals surface area contributed by atoms with Crippen LogP contribution in [0.3, 0.4) is 0 Å². The third kappa shape index (κ3) is 2.56. The topological polar surface area (TPSA) is 48.1 Å². The second-order valence-electron chi connectivity index (χ2n) is 4.32. The van der Waals surface area contributed by atoms with E-state index in [9.17, 15) is 0 Å². The Labute approximate surface area is 111 Å². The lowest BCUT2D eigenvalue weighted by Gasteiger charge is -2.06. The van der Waals surface area contributed by atoms with Crippen LogP contribution in [-0.4, -0.2) is 4.98 Å². The standard InChI is InChI=1S/C16H14N2O/c17-10-12-5-8-16(18-11-12)19-15-7-6-13-3-1-2-4-14(13)9-15/h1-9,11H,10,17H2. The Bertz CT molecular complexity index is 692. The highest BCUT2D eigenvalue weighted by Crippen LogP contribution is 2.24. The highest BCUT2D eigenvalue weighted by Gasteiger charge is 2.00. The van der Waals surface area contributed by atoms with Crippen molar-refractivity contribution in [1.82, 2.24) is 4.98 Å². The van der Waals surface area contributed by atoms with E-state index in [1.807, 2.05) is 42.5 Å². The fraction of sp³-hybridized carbons (Fsp3) is 0.0625. The molecule has 2 N–H and O–H groups in total. The summed E-state index contributed by atoms with van der Waals surface area (Å²) in [7, 11) is 0. The highest BCUT2D eigenvalue weighted by atomic mass is 16.5. The van der Waals surface area contributed by atoms with E-state index < -0.39 is 0 Å². The van der Waals surface area contributed by atoms with Crippen molar-refractivity contribution in [3.05, 3.63) is 66.4 Å². The van der Waals surface area contributed by atoms with Crippen LogP contribution in [-0.2, 0) is 6.54 Å². The van der Waals surface area contributed by atoms with Gasteiger partial charge in [0.2, 0.25) is 5.88 Å². The zero-order valence-corrected chi connectivity index (χ0v) is 10.4. The van der Waals surface area contributed by atoms with Gasteiger partial charge in [0, 0.05) is 18.8 Å².